The lowest BCUT2D eigenvalue weighted by atomic mass is 9.85. The Hall–Kier alpha value is -2.80. The SMILES string of the molecule is C=C(N)c1cc(-c2cc(NC(=O)[C@H]3CCC[C@@H](NC(C)=O)C3)ncc2Cl)n2c1CC(C)(C)C2. The third-order valence-electron chi connectivity index (χ3n) is 6.62. The number of hydrogen-bond donors (Lipinski definition) is 3. The minimum absolute atomic E-state index is 0.0372. The third-order valence-corrected chi connectivity index (χ3v) is 6.92. The van der Waals surface area contributed by atoms with Gasteiger partial charge in [-0.25, -0.2) is 4.98 Å². The number of rotatable bonds is 5. The van der Waals surface area contributed by atoms with Gasteiger partial charge in [-0.2, -0.15) is 0 Å². The van der Waals surface area contributed by atoms with Gasteiger partial charge in [0.1, 0.15) is 5.82 Å². The Morgan fingerprint density at radius 3 is 2.76 bits per heavy atom. The zero-order valence-corrected chi connectivity index (χ0v) is 20.3. The molecule has 4 rings (SSSR count). The van der Waals surface area contributed by atoms with Gasteiger partial charge in [-0.15, -0.1) is 0 Å². The number of amides is 2. The van der Waals surface area contributed by atoms with Gasteiger partial charge in [0.05, 0.1) is 10.7 Å². The molecular weight excluding hydrogens is 438 g/mol. The quantitative estimate of drug-likeness (QED) is 0.605. The number of anilines is 1. The van der Waals surface area contributed by atoms with Crippen molar-refractivity contribution in [1.82, 2.24) is 14.9 Å². The maximum atomic E-state index is 13.0. The van der Waals surface area contributed by atoms with Crippen molar-refractivity contribution in [2.45, 2.75) is 65.5 Å². The fourth-order valence-corrected chi connectivity index (χ4v) is 5.38. The highest BCUT2D eigenvalue weighted by Crippen LogP contribution is 2.42. The van der Waals surface area contributed by atoms with Gasteiger partial charge >= 0.3 is 0 Å². The molecule has 0 saturated heterocycles. The second kappa shape index (κ2) is 8.86. The molecule has 2 aromatic heterocycles. The first-order valence-corrected chi connectivity index (χ1v) is 11.8. The van der Waals surface area contributed by atoms with E-state index < -0.39 is 0 Å². The van der Waals surface area contributed by atoms with Crippen LogP contribution in [-0.4, -0.2) is 27.4 Å². The van der Waals surface area contributed by atoms with Gasteiger partial charge in [-0.05, 0) is 43.2 Å². The number of hydrogen-bond acceptors (Lipinski definition) is 4. The lowest BCUT2D eigenvalue weighted by molar-refractivity contribution is -0.123. The van der Waals surface area contributed by atoms with Crippen LogP contribution in [0.25, 0.3) is 17.0 Å². The predicted molar refractivity (Wildman–Crippen MR) is 132 cm³/mol. The number of nitrogens with two attached hydrogens (primary N) is 1. The van der Waals surface area contributed by atoms with Crippen LogP contribution >= 0.6 is 11.6 Å². The number of halogens is 1. The monoisotopic (exact) mass is 469 g/mol. The van der Waals surface area contributed by atoms with Crippen LogP contribution in [0.4, 0.5) is 5.82 Å². The van der Waals surface area contributed by atoms with Gasteiger partial charge in [0.2, 0.25) is 11.8 Å². The maximum absolute atomic E-state index is 13.0. The molecule has 4 N–H and O–H groups in total. The standard InChI is InChI=1S/C25H32ClN5O2/c1-14(27)18-9-21(31-13-25(3,4)11-22(18)31)19-10-23(28-12-20(19)26)30-24(33)16-6-5-7-17(8-16)29-15(2)32/h9-10,12,16-17H,1,5-8,11,13,27H2,2-4H3,(H,29,32)(H,28,30,33)/t16-,17+/m0/s1. The molecule has 0 unspecified atom stereocenters. The largest absolute Gasteiger partial charge is 0.399 e. The van der Waals surface area contributed by atoms with Crippen LogP contribution in [0.1, 0.15) is 57.7 Å². The van der Waals surface area contributed by atoms with Crippen LogP contribution in [0, 0.1) is 11.3 Å². The number of carbonyl (C=O) groups excluding carboxylic acids is 2. The minimum atomic E-state index is -0.165. The fourth-order valence-electron chi connectivity index (χ4n) is 5.18. The summed E-state index contributed by atoms with van der Waals surface area (Å²) in [6.07, 6.45) is 5.71. The van der Waals surface area contributed by atoms with E-state index in [1.165, 1.54) is 6.92 Å². The Morgan fingerprint density at radius 2 is 2.06 bits per heavy atom. The molecule has 1 aliphatic heterocycles. The lowest BCUT2D eigenvalue weighted by Gasteiger charge is -2.28. The van der Waals surface area contributed by atoms with Gasteiger partial charge in [0.15, 0.2) is 0 Å². The minimum Gasteiger partial charge on any atom is -0.399 e. The van der Waals surface area contributed by atoms with Crippen molar-refractivity contribution >= 4 is 34.9 Å². The first-order chi connectivity index (χ1) is 15.5. The van der Waals surface area contributed by atoms with E-state index >= 15 is 0 Å². The van der Waals surface area contributed by atoms with Gasteiger partial charge in [0.25, 0.3) is 0 Å². The predicted octanol–water partition coefficient (Wildman–Crippen LogP) is 4.35. The molecule has 2 amide bonds. The van der Waals surface area contributed by atoms with Crippen LogP contribution in [-0.2, 0) is 22.6 Å². The average Bonchev–Trinajstić information content (AvgIpc) is 3.22. The second-order valence-electron chi connectivity index (χ2n) is 10.1. The number of pyridine rings is 1. The molecule has 7 nitrogen and oxygen atoms in total. The third kappa shape index (κ3) is 4.93. The lowest BCUT2D eigenvalue weighted by Crippen LogP contribution is -2.40. The number of carbonyl (C=O) groups is 2. The van der Waals surface area contributed by atoms with E-state index in [4.69, 9.17) is 17.3 Å². The Bertz CT molecular complexity index is 1120. The number of nitrogens with zero attached hydrogens (tertiary/aromatic N) is 2. The molecule has 176 valence electrons. The van der Waals surface area contributed by atoms with Crippen LogP contribution in [0.15, 0.2) is 24.9 Å². The highest BCUT2D eigenvalue weighted by atomic mass is 35.5. The molecule has 33 heavy (non-hydrogen) atoms. The molecule has 1 saturated carbocycles. The summed E-state index contributed by atoms with van der Waals surface area (Å²) in [7, 11) is 0. The summed E-state index contributed by atoms with van der Waals surface area (Å²) in [5, 5.41) is 6.41. The highest BCUT2D eigenvalue weighted by molar-refractivity contribution is 6.33. The maximum Gasteiger partial charge on any atom is 0.228 e. The van der Waals surface area contributed by atoms with E-state index in [0.29, 0.717) is 23.0 Å². The second-order valence-corrected chi connectivity index (χ2v) is 10.5. The van der Waals surface area contributed by atoms with Crippen LogP contribution in [0.5, 0.6) is 0 Å². The van der Waals surface area contributed by atoms with E-state index in [0.717, 1.165) is 54.7 Å². The van der Waals surface area contributed by atoms with Crippen LogP contribution in [0.2, 0.25) is 5.02 Å². The number of nitrogens with one attached hydrogen (secondary N) is 2. The molecule has 1 fully saturated rings. The molecule has 0 spiro atoms. The molecule has 0 bridgehead atoms. The summed E-state index contributed by atoms with van der Waals surface area (Å²) in [6, 6.07) is 3.89. The zero-order valence-electron chi connectivity index (χ0n) is 19.5. The molecular formula is C25H32ClN5O2. The van der Waals surface area contributed by atoms with Crippen LogP contribution in [0.3, 0.4) is 0 Å². The fraction of sp³-hybridized carbons (Fsp3) is 0.480. The summed E-state index contributed by atoms with van der Waals surface area (Å²) < 4.78 is 2.25. The first kappa shape index (κ1) is 23.4. The van der Waals surface area contributed by atoms with E-state index in [2.05, 4.69) is 40.6 Å². The van der Waals surface area contributed by atoms with Gasteiger partial charge < -0.3 is 20.9 Å². The Balaban J connectivity index is 1.59. The van der Waals surface area contributed by atoms with Crippen molar-refractivity contribution in [2.75, 3.05) is 5.32 Å². The smallest absolute Gasteiger partial charge is 0.228 e. The Morgan fingerprint density at radius 1 is 1.30 bits per heavy atom. The normalized spacial score (nSPS) is 21.3. The molecule has 2 aliphatic rings. The molecule has 8 heteroatoms. The van der Waals surface area contributed by atoms with E-state index in [1.54, 1.807) is 6.20 Å². The van der Waals surface area contributed by atoms with Crippen molar-refractivity contribution in [3.8, 4) is 11.3 Å². The molecule has 1 aliphatic carbocycles. The van der Waals surface area contributed by atoms with Crippen molar-refractivity contribution < 1.29 is 9.59 Å². The topological polar surface area (TPSA) is 102 Å². The van der Waals surface area contributed by atoms with Crippen LogP contribution < -0.4 is 16.4 Å². The van der Waals surface area contributed by atoms with Crippen molar-refractivity contribution in [2.24, 2.45) is 17.1 Å². The van der Waals surface area contributed by atoms with E-state index in [9.17, 15) is 9.59 Å². The molecule has 2 aromatic rings. The first-order valence-electron chi connectivity index (χ1n) is 11.4. The summed E-state index contributed by atoms with van der Waals surface area (Å²) in [6.45, 7) is 10.8. The average molecular weight is 470 g/mol. The number of fused-ring (bicyclic) bond motifs is 1. The number of aromatic nitrogens is 2. The van der Waals surface area contributed by atoms with Gasteiger partial charge in [-0.3, -0.25) is 9.59 Å². The van der Waals surface area contributed by atoms with Gasteiger partial charge in [0, 0.05) is 54.1 Å². The summed E-state index contributed by atoms with van der Waals surface area (Å²) in [4.78, 5) is 28.7. The summed E-state index contributed by atoms with van der Waals surface area (Å²) in [5.41, 5.74) is 10.6. The van der Waals surface area contributed by atoms with Crippen molar-refractivity contribution in [3.63, 3.8) is 0 Å². The summed E-state index contributed by atoms with van der Waals surface area (Å²) in [5.74, 6) is 0.153. The van der Waals surface area contributed by atoms with E-state index in [-0.39, 0.29) is 29.2 Å². The van der Waals surface area contributed by atoms with Crippen molar-refractivity contribution in [1.29, 1.82) is 0 Å². The molecule has 0 radical (unpaired) electrons. The molecule has 3 heterocycles. The molecule has 0 aromatic carbocycles. The van der Waals surface area contributed by atoms with Crippen molar-refractivity contribution in [3.05, 3.63) is 41.2 Å². The Kier molecular flexibility index (Phi) is 6.27. The zero-order chi connectivity index (χ0) is 23.9. The van der Waals surface area contributed by atoms with E-state index in [1.807, 2.05) is 12.1 Å². The Labute approximate surface area is 199 Å². The van der Waals surface area contributed by atoms with Gasteiger partial charge in [-0.1, -0.05) is 38.4 Å². The highest BCUT2D eigenvalue weighted by Gasteiger charge is 2.34. The molecule has 2 atom stereocenters. The summed E-state index contributed by atoms with van der Waals surface area (Å²) >= 11 is 6.56.